The van der Waals surface area contributed by atoms with Gasteiger partial charge in [0.1, 0.15) is 5.82 Å². The summed E-state index contributed by atoms with van der Waals surface area (Å²) in [5.41, 5.74) is 12.4. The van der Waals surface area contributed by atoms with Crippen LogP contribution in [-0.4, -0.2) is 52.3 Å². The number of rotatable bonds is 4. The number of aromatic nitrogens is 1. The fourth-order valence-corrected chi connectivity index (χ4v) is 6.62. The van der Waals surface area contributed by atoms with Crippen molar-refractivity contribution >= 4 is 29.4 Å². The second-order valence-electron chi connectivity index (χ2n) is 11.9. The van der Waals surface area contributed by atoms with Crippen molar-refractivity contribution in [2.24, 2.45) is 11.8 Å². The standard InChI is InChI=1S/C31H39N5O2/c1-19-3-8-28(36(18-19)31(38)30(37)34-26-13-20(2)29(32)33-17-26)23-5-4-22-14-24(16-25(22)15-23)21-9-11-35(12-10-21)27-6-7-27/h4-5,13,15-17,19,21,27-28H,3,6-12,14,18H2,1-2H3,(H2,32,33)(H,34,37)/t19-,28+/m0/s1. The molecule has 2 amide bonds. The van der Waals surface area contributed by atoms with Crippen LogP contribution in [0, 0.1) is 18.8 Å². The molecule has 1 aromatic carbocycles. The van der Waals surface area contributed by atoms with Gasteiger partial charge in [-0.2, -0.15) is 0 Å². The van der Waals surface area contributed by atoms with Crippen LogP contribution in [0.15, 0.2) is 36.0 Å². The molecule has 3 heterocycles. The molecule has 3 N–H and O–H groups in total. The molecule has 6 rings (SSSR count). The summed E-state index contributed by atoms with van der Waals surface area (Å²) in [6.45, 7) is 7.02. The maximum absolute atomic E-state index is 13.4. The van der Waals surface area contributed by atoms with Crippen molar-refractivity contribution < 1.29 is 9.59 Å². The quantitative estimate of drug-likeness (QED) is 0.577. The van der Waals surface area contributed by atoms with Crippen LogP contribution < -0.4 is 11.1 Å². The number of amides is 2. The van der Waals surface area contributed by atoms with Crippen molar-refractivity contribution in [1.82, 2.24) is 14.8 Å². The molecule has 0 bridgehead atoms. The van der Waals surface area contributed by atoms with Crippen LogP contribution in [0.3, 0.4) is 0 Å². The highest BCUT2D eigenvalue weighted by atomic mass is 16.2. The van der Waals surface area contributed by atoms with Gasteiger partial charge in [0.05, 0.1) is 17.9 Å². The molecule has 2 aromatic rings. The third-order valence-electron chi connectivity index (χ3n) is 9.06. The number of pyridine rings is 1. The number of benzene rings is 1. The normalized spacial score (nSPS) is 24.2. The van der Waals surface area contributed by atoms with Gasteiger partial charge in [-0.25, -0.2) is 4.98 Å². The second-order valence-corrected chi connectivity index (χ2v) is 11.9. The highest BCUT2D eigenvalue weighted by molar-refractivity contribution is 6.39. The Morgan fingerprint density at radius 3 is 2.58 bits per heavy atom. The predicted molar refractivity (Wildman–Crippen MR) is 150 cm³/mol. The minimum Gasteiger partial charge on any atom is -0.383 e. The summed E-state index contributed by atoms with van der Waals surface area (Å²) in [6.07, 6.45) is 12.2. The van der Waals surface area contributed by atoms with Crippen LogP contribution >= 0.6 is 0 Å². The van der Waals surface area contributed by atoms with E-state index in [0.717, 1.165) is 36.4 Å². The number of hydrogen-bond donors (Lipinski definition) is 2. The van der Waals surface area contributed by atoms with E-state index in [0.29, 0.717) is 29.9 Å². The predicted octanol–water partition coefficient (Wildman–Crippen LogP) is 4.72. The molecule has 0 unspecified atom stereocenters. The molecule has 2 saturated heterocycles. The van der Waals surface area contributed by atoms with Crippen LogP contribution in [0.5, 0.6) is 0 Å². The summed E-state index contributed by atoms with van der Waals surface area (Å²) >= 11 is 0. The summed E-state index contributed by atoms with van der Waals surface area (Å²) in [6, 6.07) is 9.21. The van der Waals surface area contributed by atoms with E-state index in [2.05, 4.69) is 46.4 Å². The number of carbonyl (C=O) groups is 2. The van der Waals surface area contributed by atoms with Gasteiger partial charge in [-0.05, 0) is 111 Å². The smallest absolute Gasteiger partial charge is 0.313 e. The number of hydrogen-bond acceptors (Lipinski definition) is 5. The molecule has 2 aliphatic heterocycles. The largest absolute Gasteiger partial charge is 0.383 e. The lowest BCUT2D eigenvalue weighted by atomic mass is 9.88. The van der Waals surface area contributed by atoms with Crippen molar-refractivity contribution in [3.8, 4) is 0 Å². The van der Waals surface area contributed by atoms with E-state index in [1.54, 1.807) is 16.5 Å². The van der Waals surface area contributed by atoms with Crippen LogP contribution in [0.1, 0.15) is 73.7 Å². The van der Waals surface area contributed by atoms with Crippen molar-refractivity contribution in [3.63, 3.8) is 0 Å². The molecule has 4 aliphatic rings. The van der Waals surface area contributed by atoms with Gasteiger partial charge in [-0.15, -0.1) is 0 Å². The molecule has 2 atom stereocenters. The molecule has 2 aliphatic carbocycles. The van der Waals surface area contributed by atoms with Crippen molar-refractivity contribution in [2.45, 2.75) is 70.9 Å². The van der Waals surface area contributed by atoms with E-state index in [1.807, 2.05) is 6.92 Å². The Balaban J connectivity index is 1.17. The number of allylic oxidation sites excluding steroid dienone is 1. The molecule has 200 valence electrons. The Morgan fingerprint density at radius 1 is 1.05 bits per heavy atom. The van der Waals surface area contributed by atoms with E-state index in [9.17, 15) is 9.59 Å². The molecule has 0 spiro atoms. The van der Waals surface area contributed by atoms with Crippen molar-refractivity contribution in [3.05, 3.63) is 58.3 Å². The fraction of sp³-hybridized carbons (Fsp3) is 0.516. The highest BCUT2D eigenvalue weighted by Gasteiger charge is 2.36. The summed E-state index contributed by atoms with van der Waals surface area (Å²) in [5.74, 6) is 0.332. The minimum atomic E-state index is -0.629. The first-order valence-corrected chi connectivity index (χ1v) is 14.3. The molecule has 7 heteroatoms. The zero-order valence-electron chi connectivity index (χ0n) is 22.6. The van der Waals surface area contributed by atoms with Gasteiger partial charge in [-0.1, -0.05) is 30.7 Å². The van der Waals surface area contributed by atoms with Crippen LogP contribution in [0.2, 0.25) is 0 Å². The van der Waals surface area contributed by atoms with Gasteiger partial charge in [0, 0.05) is 12.6 Å². The number of fused-ring (bicyclic) bond motifs is 1. The van der Waals surface area contributed by atoms with Crippen LogP contribution in [0.25, 0.3) is 6.08 Å². The van der Waals surface area contributed by atoms with E-state index >= 15 is 0 Å². The maximum Gasteiger partial charge on any atom is 0.313 e. The van der Waals surface area contributed by atoms with Gasteiger partial charge in [0.2, 0.25) is 0 Å². The molecule has 1 saturated carbocycles. The first kappa shape index (κ1) is 25.1. The number of piperidine rings is 2. The average Bonchev–Trinajstić information content (AvgIpc) is 3.68. The van der Waals surface area contributed by atoms with Gasteiger partial charge < -0.3 is 20.9 Å². The fourth-order valence-electron chi connectivity index (χ4n) is 6.62. The Hall–Kier alpha value is -3.19. The minimum absolute atomic E-state index is 0.0970. The highest BCUT2D eigenvalue weighted by Crippen LogP contribution is 2.40. The van der Waals surface area contributed by atoms with E-state index in [4.69, 9.17) is 5.73 Å². The van der Waals surface area contributed by atoms with Gasteiger partial charge in [0.15, 0.2) is 0 Å². The number of nitrogens with zero attached hydrogens (tertiary/aromatic N) is 3. The SMILES string of the molecule is Cc1cc(NC(=O)C(=O)N2C[C@@H](C)CC[C@@H]2c2ccc3c(c2)C=C(C2CCN(C4CC4)CC2)C3)cnc1N. The molecule has 3 fully saturated rings. The Morgan fingerprint density at radius 2 is 1.84 bits per heavy atom. The van der Waals surface area contributed by atoms with Gasteiger partial charge >= 0.3 is 11.8 Å². The number of nitrogens with two attached hydrogens (primary N) is 1. The lowest BCUT2D eigenvalue weighted by Gasteiger charge is -2.38. The number of nitrogen functional groups attached to an aromatic ring is 1. The van der Waals surface area contributed by atoms with E-state index < -0.39 is 11.8 Å². The lowest BCUT2D eigenvalue weighted by Crippen LogP contribution is -2.46. The number of nitrogens with one attached hydrogen (secondary N) is 1. The monoisotopic (exact) mass is 513 g/mol. The first-order chi connectivity index (χ1) is 18.4. The summed E-state index contributed by atoms with van der Waals surface area (Å²) in [7, 11) is 0. The zero-order chi connectivity index (χ0) is 26.4. The summed E-state index contributed by atoms with van der Waals surface area (Å²) in [5, 5.41) is 2.73. The molecule has 7 nitrogen and oxygen atoms in total. The molecular formula is C31H39N5O2. The van der Waals surface area contributed by atoms with Crippen LogP contribution in [0.4, 0.5) is 11.5 Å². The van der Waals surface area contributed by atoms with Crippen molar-refractivity contribution in [2.75, 3.05) is 30.7 Å². The molecule has 0 radical (unpaired) electrons. The lowest BCUT2D eigenvalue weighted by molar-refractivity contribution is -0.146. The van der Waals surface area contributed by atoms with E-state index in [1.165, 1.54) is 56.1 Å². The summed E-state index contributed by atoms with van der Waals surface area (Å²) < 4.78 is 0. The third-order valence-corrected chi connectivity index (χ3v) is 9.06. The maximum atomic E-state index is 13.4. The first-order valence-electron chi connectivity index (χ1n) is 14.3. The Bertz CT molecular complexity index is 1280. The zero-order valence-corrected chi connectivity index (χ0v) is 22.6. The number of anilines is 2. The third kappa shape index (κ3) is 5.08. The van der Waals surface area contributed by atoms with Crippen molar-refractivity contribution in [1.29, 1.82) is 0 Å². The second kappa shape index (κ2) is 10.2. The Kier molecular flexibility index (Phi) is 6.72. The average molecular weight is 514 g/mol. The molecule has 38 heavy (non-hydrogen) atoms. The number of carbonyl (C=O) groups excluding carboxylic acids is 2. The number of likely N-dealkylation sites (tertiary alicyclic amines) is 2. The molecular weight excluding hydrogens is 474 g/mol. The topological polar surface area (TPSA) is 91.6 Å². The molecule has 1 aromatic heterocycles. The Labute approximate surface area is 225 Å². The summed E-state index contributed by atoms with van der Waals surface area (Å²) in [4.78, 5) is 35.0. The van der Waals surface area contributed by atoms with Crippen LogP contribution in [-0.2, 0) is 16.0 Å². The van der Waals surface area contributed by atoms with Gasteiger partial charge in [-0.3, -0.25) is 9.59 Å². The van der Waals surface area contributed by atoms with Gasteiger partial charge in [0.25, 0.3) is 0 Å². The number of aryl methyl sites for hydroxylation is 1. The van der Waals surface area contributed by atoms with E-state index in [-0.39, 0.29) is 6.04 Å².